The van der Waals surface area contributed by atoms with E-state index < -0.39 is 6.10 Å². The number of aliphatic hydroxyl groups excluding tert-OH is 1. The molecule has 0 amide bonds. The van der Waals surface area contributed by atoms with Crippen molar-refractivity contribution in [3.8, 4) is 5.75 Å². The van der Waals surface area contributed by atoms with Crippen LogP contribution in [0.1, 0.15) is 29.2 Å². The molecule has 1 aliphatic carbocycles. The molecule has 0 saturated carbocycles. The van der Waals surface area contributed by atoms with Gasteiger partial charge in [0.2, 0.25) is 0 Å². The van der Waals surface area contributed by atoms with E-state index in [0.717, 1.165) is 24.2 Å². The molecule has 0 aliphatic heterocycles. The van der Waals surface area contributed by atoms with Gasteiger partial charge in [0.25, 0.3) is 0 Å². The molecule has 1 aromatic carbocycles. The third-order valence-electron chi connectivity index (χ3n) is 3.24. The predicted molar refractivity (Wildman–Crippen MR) is 63.9 cm³/mol. The molecule has 1 unspecified atom stereocenters. The Morgan fingerprint density at radius 1 is 1.44 bits per heavy atom. The standard InChI is InChI=1S/C13H19NO2/c1-14-8-11(15)13-10-5-3-4-9(10)6-7-12(13)16-2/h6-7,11,14-15H,3-5,8H2,1-2H3. The highest BCUT2D eigenvalue weighted by atomic mass is 16.5. The molecular formula is C13H19NO2. The lowest BCUT2D eigenvalue weighted by Crippen LogP contribution is -2.18. The van der Waals surface area contributed by atoms with Crippen molar-refractivity contribution in [3.05, 3.63) is 28.8 Å². The minimum atomic E-state index is -0.479. The molecule has 0 saturated heterocycles. The van der Waals surface area contributed by atoms with Gasteiger partial charge in [-0.2, -0.15) is 0 Å². The predicted octanol–water partition coefficient (Wildman–Crippen LogP) is 1.44. The minimum absolute atomic E-state index is 0.479. The van der Waals surface area contributed by atoms with E-state index in [4.69, 9.17) is 4.74 Å². The summed E-state index contributed by atoms with van der Waals surface area (Å²) in [6, 6.07) is 4.09. The summed E-state index contributed by atoms with van der Waals surface area (Å²) in [7, 11) is 3.51. The molecule has 0 heterocycles. The SMILES string of the molecule is CNCC(O)c1c(OC)ccc2c1CCC2. The van der Waals surface area contributed by atoms with Gasteiger partial charge >= 0.3 is 0 Å². The maximum Gasteiger partial charge on any atom is 0.125 e. The molecule has 16 heavy (non-hydrogen) atoms. The number of ether oxygens (including phenoxy) is 1. The van der Waals surface area contributed by atoms with E-state index in [-0.39, 0.29) is 0 Å². The molecular weight excluding hydrogens is 202 g/mol. The second kappa shape index (κ2) is 4.85. The number of hydrogen-bond acceptors (Lipinski definition) is 3. The minimum Gasteiger partial charge on any atom is -0.496 e. The maximum absolute atomic E-state index is 10.2. The molecule has 1 aromatic rings. The molecule has 3 nitrogen and oxygen atoms in total. The Balaban J connectivity index is 2.43. The number of aryl methyl sites for hydroxylation is 1. The Kier molecular flexibility index (Phi) is 3.46. The van der Waals surface area contributed by atoms with E-state index in [0.29, 0.717) is 6.54 Å². The summed E-state index contributed by atoms with van der Waals surface area (Å²) in [6.07, 6.45) is 2.89. The fourth-order valence-corrected chi connectivity index (χ4v) is 2.51. The number of aliphatic hydroxyl groups is 1. The van der Waals surface area contributed by atoms with Gasteiger partial charge < -0.3 is 15.2 Å². The van der Waals surface area contributed by atoms with Crippen LogP contribution in [0.2, 0.25) is 0 Å². The summed E-state index contributed by atoms with van der Waals surface area (Å²) in [5, 5.41) is 13.2. The Morgan fingerprint density at radius 3 is 2.94 bits per heavy atom. The Labute approximate surface area is 96.4 Å². The van der Waals surface area contributed by atoms with Crippen LogP contribution in [0, 0.1) is 0 Å². The zero-order valence-corrected chi connectivity index (χ0v) is 9.92. The number of likely N-dealkylation sites (N-methyl/N-ethyl adjacent to an activating group) is 1. The monoisotopic (exact) mass is 221 g/mol. The zero-order chi connectivity index (χ0) is 11.5. The van der Waals surface area contributed by atoms with Crippen LogP contribution in [0.15, 0.2) is 12.1 Å². The van der Waals surface area contributed by atoms with Crippen molar-refractivity contribution >= 4 is 0 Å². The van der Waals surface area contributed by atoms with Crippen LogP contribution in [0.5, 0.6) is 5.75 Å². The second-order valence-corrected chi connectivity index (χ2v) is 4.25. The van der Waals surface area contributed by atoms with Crippen LogP contribution < -0.4 is 10.1 Å². The normalized spacial score (nSPS) is 15.9. The van der Waals surface area contributed by atoms with Crippen LogP contribution >= 0.6 is 0 Å². The van der Waals surface area contributed by atoms with Gasteiger partial charge in [-0.3, -0.25) is 0 Å². The average molecular weight is 221 g/mol. The van der Waals surface area contributed by atoms with Gasteiger partial charge in [-0.1, -0.05) is 6.07 Å². The molecule has 2 N–H and O–H groups in total. The summed E-state index contributed by atoms with van der Waals surface area (Å²) in [4.78, 5) is 0. The third kappa shape index (κ3) is 1.93. The van der Waals surface area contributed by atoms with Crippen molar-refractivity contribution in [2.24, 2.45) is 0 Å². The number of fused-ring (bicyclic) bond motifs is 1. The molecule has 0 aromatic heterocycles. The van der Waals surface area contributed by atoms with Crippen molar-refractivity contribution in [1.82, 2.24) is 5.32 Å². The molecule has 0 radical (unpaired) electrons. The van der Waals surface area contributed by atoms with Gasteiger partial charge in [0.05, 0.1) is 13.2 Å². The van der Waals surface area contributed by atoms with Gasteiger partial charge in [-0.15, -0.1) is 0 Å². The fourth-order valence-electron chi connectivity index (χ4n) is 2.51. The first-order valence-electron chi connectivity index (χ1n) is 5.79. The quantitative estimate of drug-likeness (QED) is 0.808. The number of rotatable bonds is 4. The lowest BCUT2D eigenvalue weighted by Gasteiger charge is -2.18. The molecule has 88 valence electrons. The highest BCUT2D eigenvalue weighted by Gasteiger charge is 2.22. The number of benzene rings is 1. The van der Waals surface area contributed by atoms with Crippen molar-refractivity contribution in [3.63, 3.8) is 0 Å². The van der Waals surface area contributed by atoms with Crippen LogP contribution in [-0.2, 0) is 12.8 Å². The summed E-state index contributed by atoms with van der Waals surface area (Å²) >= 11 is 0. The van der Waals surface area contributed by atoms with E-state index in [9.17, 15) is 5.11 Å². The summed E-state index contributed by atoms with van der Waals surface area (Å²) in [5.74, 6) is 0.809. The molecule has 0 bridgehead atoms. The lowest BCUT2D eigenvalue weighted by atomic mass is 9.97. The van der Waals surface area contributed by atoms with Crippen LogP contribution in [0.25, 0.3) is 0 Å². The highest BCUT2D eigenvalue weighted by molar-refractivity contribution is 5.48. The van der Waals surface area contributed by atoms with Crippen LogP contribution in [0.4, 0.5) is 0 Å². The van der Waals surface area contributed by atoms with Gasteiger partial charge in [0.1, 0.15) is 5.75 Å². The van der Waals surface area contributed by atoms with Crippen molar-refractivity contribution in [1.29, 1.82) is 0 Å². The molecule has 1 aliphatic rings. The van der Waals surface area contributed by atoms with Crippen LogP contribution in [-0.4, -0.2) is 25.8 Å². The van der Waals surface area contributed by atoms with E-state index in [1.54, 1.807) is 7.11 Å². The van der Waals surface area contributed by atoms with E-state index >= 15 is 0 Å². The first-order chi connectivity index (χ1) is 7.77. The summed E-state index contributed by atoms with van der Waals surface area (Å²) in [6.45, 7) is 0.562. The van der Waals surface area contributed by atoms with Crippen LogP contribution in [0.3, 0.4) is 0 Å². The smallest absolute Gasteiger partial charge is 0.125 e. The van der Waals surface area contributed by atoms with Crippen molar-refractivity contribution < 1.29 is 9.84 Å². The Bertz CT molecular complexity index is 376. The molecule has 1 atom stereocenters. The van der Waals surface area contributed by atoms with Gasteiger partial charge in [-0.25, -0.2) is 0 Å². The van der Waals surface area contributed by atoms with Gasteiger partial charge in [-0.05, 0) is 43.5 Å². The zero-order valence-electron chi connectivity index (χ0n) is 9.92. The molecule has 0 fully saturated rings. The fraction of sp³-hybridized carbons (Fsp3) is 0.538. The number of methoxy groups -OCH3 is 1. The first kappa shape index (κ1) is 11.4. The average Bonchev–Trinajstić information content (AvgIpc) is 2.75. The molecule has 0 spiro atoms. The Hall–Kier alpha value is -1.06. The maximum atomic E-state index is 10.2. The summed E-state index contributed by atoms with van der Waals surface area (Å²) < 4.78 is 5.35. The highest BCUT2D eigenvalue weighted by Crippen LogP contribution is 2.35. The Morgan fingerprint density at radius 2 is 2.25 bits per heavy atom. The largest absolute Gasteiger partial charge is 0.496 e. The van der Waals surface area contributed by atoms with Crippen molar-refractivity contribution in [2.45, 2.75) is 25.4 Å². The number of hydrogen-bond donors (Lipinski definition) is 2. The van der Waals surface area contributed by atoms with E-state index in [1.807, 2.05) is 13.1 Å². The molecule has 2 rings (SSSR count). The third-order valence-corrected chi connectivity index (χ3v) is 3.24. The van der Waals surface area contributed by atoms with Gasteiger partial charge in [0, 0.05) is 12.1 Å². The molecule has 3 heteroatoms. The summed E-state index contributed by atoms with van der Waals surface area (Å²) in [5.41, 5.74) is 3.64. The van der Waals surface area contributed by atoms with Crippen molar-refractivity contribution in [2.75, 3.05) is 20.7 Å². The second-order valence-electron chi connectivity index (χ2n) is 4.25. The topological polar surface area (TPSA) is 41.5 Å². The number of nitrogens with one attached hydrogen (secondary N) is 1. The van der Waals surface area contributed by atoms with E-state index in [2.05, 4.69) is 11.4 Å². The lowest BCUT2D eigenvalue weighted by molar-refractivity contribution is 0.172. The first-order valence-corrected chi connectivity index (χ1v) is 5.79. The van der Waals surface area contributed by atoms with E-state index in [1.165, 1.54) is 17.5 Å². The van der Waals surface area contributed by atoms with Gasteiger partial charge in [0.15, 0.2) is 0 Å².